The number of allylic oxidation sites excluding steroid dienone is 2. The van der Waals surface area contributed by atoms with Crippen molar-refractivity contribution in [2.24, 2.45) is 4.99 Å². The Labute approximate surface area is 234 Å². The number of hydrogen-bond acceptors (Lipinski definition) is 7. The third-order valence-corrected chi connectivity index (χ3v) is 5.83. The molecule has 0 aliphatic carbocycles. The van der Waals surface area contributed by atoms with Crippen LogP contribution in [0, 0.1) is 5.82 Å². The summed E-state index contributed by atoms with van der Waals surface area (Å²) in [7, 11) is 1.63. The van der Waals surface area contributed by atoms with E-state index in [1.807, 2.05) is 11.8 Å². The Morgan fingerprint density at radius 3 is 2.49 bits per heavy atom. The van der Waals surface area contributed by atoms with Gasteiger partial charge in [0.2, 0.25) is 0 Å². The van der Waals surface area contributed by atoms with Gasteiger partial charge in [-0.3, -0.25) is 4.79 Å². The Balaban J connectivity index is 1.71. The molecule has 1 aliphatic heterocycles. The third kappa shape index (κ3) is 8.47. The summed E-state index contributed by atoms with van der Waals surface area (Å²) < 4.78 is 61.6. The van der Waals surface area contributed by atoms with Crippen molar-refractivity contribution in [3.8, 4) is 0 Å². The van der Waals surface area contributed by atoms with Gasteiger partial charge < -0.3 is 25.2 Å². The SMILES string of the molecule is C=CN(CC)CCN(C)Cc1cc(F)c(NC(=O)Nc2cnc(C3=C=NC(=O)C(OCC)=C3)nc2)cc1C(F)(F)F. The van der Waals surface area contributed by atoms with Crippen LogP contribution in [0.5, 0.6) is 0 Å². The molecular formula is C27H29F4N7O3. The van der Waals surface area contributed by atoms with E-state index in [1.165, 1.54) is 18.5 Å². The molecule has 1 aromatic heterocycles. The molecule has 0 unspecified atom stereocenters. The highest BCUT2D eigenvalue weighted by atomic mass is 19.4. The van der Waals surface area contributed by atoms with Gasteiger partial charge in [0.1, 0.15) is 5.82 Å². The van der Waals surface area contributed by atoms with Crippen molar-refractivity contribution in [1.29, 1.82) is 0 Å². The number of benzene rings is 1. The van der Waals surface area contributed by atoms with Crippen molar-refractivity contribution in [2.45, 2.75) is 26.6 Å². The summed E-state index contributed by atoms with van der Waals surface area (Å²) in [5.41, 5.74) is -1.65. The lowest BCUT2D eigenvalue weighted by Gasteiger charge is -2.24. The number of anilines is 2. The topological polar surface area (TPSA) is 112 Å². The van der Waals surface area contributed by atoms with Gasteiger partial charge in [0.05, 0.1) is 41.5 Å². The summed E-state index contributed by atoms with van der Waals surface area (Å²) in [6.45, 7) is 9.06. The van der Waals surface area contributed by atoms with E-state index in [4.69, 9.17) is 4.74 Å². The summed E-state index contributed by atoms with van der Waals surface area (Å²) in [5.74, 6) is 0.988. The van der Waals surface area contributed by atoms with E-state index in [0.717, 1.165) is 6.07 Å². The monoisotopic (exact) mass is 575 g/mol. The van der Waals surface area contributed by atoms with Crippen molar-refractivity contribution in [3.05, 3.63) is 71.9 Å². The number of rotatable bonds is 12. The van der Waals surface area contributed by atoms with Gasteiger partial charge in [0.25, 0.3) is 0 Å². The van der Waals surface area contributed by atoms with E-state index in [9.17, 15) is 27.2 Å². The first-order chi connectivity index (χ1) is 19.4. The molecular weight excluding hydrogens is 546 g/mol. The molecule has 0 bridgehead atoms. The number of ether oxygens (including phenoxy) is 1. The van der Waals surface area contributed by atoms with Crippen molar-refractivity contribution in [1.82, 2.24) is 19.8 Å². The Morgan fingerprint density at radius 1 is 1.17 bits per heavy atom. The van der Waals surface area contributed by atoms with Crippen LogP contribution in [0.15, 0.2) is 54.1 Å². The first-order valence-corrected chi connectivity index (χ1v) is 12.5. The molecule has 0 fully saturated rings. The molecule has 2 heterocycles. The van der Waals surface area contributed by atoms with E-state index in [0.29, 0.717) is 25.7 Å². The van der Waals surface area contributed by atoms with Gasteiger partial charge in [0, 0.05) is 38.1 Å². The number of alkyl halides is 3. The molecule has 2 N–H and O–H groups in total. The largest absolute Gasteiger partial charge is 0.488 e. The number of halogens is 4. The fraction of sp³-hybridized carbons (Fsp3) is 0.333. The average molecular weight is 576 g/mol. The van der Waals surface area contributed by atoms with Crippen LogP contribution in [0.2, 0.25) is 0 Å². The standard InChI is InChI=1S/C27H29F4N7O3/c1-5-38(6-2)9-8-37(4)16-18-10-21(28)22(12-20(18)27(29,30)31)36-26(40)35-19-14-32-24(33-15-19)17-11-23(41-7-3)25(39)34-13-17/h5,10-12,14-15H,1,6-9,16H2,2-4H3,(H2,35,36,40). The zero-order valence-electron chi connectivity index (χ0n) is 22.7. The van der Waals surface area contributed by atoms with Crippen molar-refractivity contribution < 1.29 is 31.9 Å². The minimum Gasteiger partial charge on any atom is -0.488 e. The number of carbonyl (C=O) groups excluding carboxylic acids is 2. The molecule has 10 nitrogen and oxygen atoms in total. The van der Waals surface area contributed by atoms with Crippen LogP contribution < -0.4 is 10.6 Å². The van der Waals surface area contributed by atoms with E-state index in [2.05, 4.69) is 38.0 Å². The summed E-state index contributed by atoms with van der Waals surface area (Å²) in [6.07, 6.45) is 0.656. The van der Waals surface area contributed by atoms with Gasteiger partial charge in [-0.1, -0.05) is 6.58 Å². The maximum atomic E-state index is 14.8. The normalized spacial score (nSPS) is 13.0. The van der Waals surface area contributed by atoms with E-state index < -0.39 is 35.2 Å². The van der Waals surface area contributed by atoms with Crippen LogP contribution in [-0.4, -0.2) is 70.9 Å². The average Bonchev–Trinajstić information content (AvgIpc) is 2.92. The zero-order valence-corrected chi connectivity index (χ0v) is 22.7. The van der Waals surface area contributed by atoms with Gasteiger partial charge in [-0.2, -0.15) is 18.2 Å². The second kappa shape index (κ2) is 13.7. The molecule has 218 valence electrons. The third-order valence-electron chi connectivity index (χ3n) is 5.83. The predicted octanol–water partition coefficient (Wildman–Crippen LogP) is 4.69. The molecule has 0 radical (unpaired) electrons. The van der Waals surface area contributed by atoms with Crippen molar-refractivity contribution >= 4 is 34.8 Å². The van der Waals surface area contributed by atoms with Crippen molar-refractivity contribution in [3.63, 3.8) is 0 Å². The smallest absolute Gasteiger partial charge is 0.416 e. The Hall–Kier alpha value is -4.55. The number of urea groups is 1. The second-order valence-corrected chi connectivity index (χ2v) is 8.79. The maximum absolute atomic E-state index is 14.8. The molecule has 14 heteroatoms. The highest BCUT2D eigenvalue weighted by Crippen LogP contribution is 2.35. The Kier molecular flexibility index (Phi) is 10.3. The van der Waals surface area contributed by atoms with Crippen LogP contribution in [0.4, 0.5) is 33.7 Å². The highest BCUT2D eigenvalue weighted by molar-refractivity contribution is 6.08. The highest BCUT2D eigenvalue weighted by Gasteiger charge is 2.35. The fourth-order valence-corrected chi connectivity index (χ4v) is 3.73. The lowest BCUT2D eigenvalue weighted by molar-refractivity contribution is -0.138. The minimum atomic E-state index is -4.78. The molecule has 0 atom stereocenters. The maximum Gasteiger partial charge on any atom is 0.416 e. The lowest BCUT2D eigenvalue weighted by Crippen LogP contribution is -2.30. The van der Waals surface area contributed by atoms with Crippen LogP contribution >= 0.6 is 0 Å². The second-order valence-electron chi connectivity index (χ2n) is 8.79. The van der Waals surface area contributed by atoms with E-state index >= 15 is 0 Å². The van der Waals surface area contributed by atoms with Crippen LogP contribution in [0.3, 0.4) is 0 Å². The number of aliphatic imine (C=N–C) groups is 1. The molecule has 1 aliphatic rings. The fourth-order valence-electron chi connectivity index (χ4n) is 3.73. The van der Waals surface area contributed by atoms with Gasteiger partial charge in [0.15, 0.2) is 11.6 Å². The summed E-state index contributed by atoms with van der Waals surface area (Å²) in [6, 6.07) is 0.328. The van der Waals surface area contributed by atoms with Gasteiger partial charge in [-0.05, 0) is 44.8 Å². The molecule has 3 amide bonds. The molecule has 0 saturated heterocycles. The number of hydrogen-bond donors (Lipinski definition) is 2. The molecule has 3 rings (SSSR count). The van der Waals surface area contributed by atoms with Crippen LogP contribution in [0.25, 0.3) is 5.57 Å². The lowest BCUT2D eigenvalue weighted by atomic mass is 10.0. The zero-order chi connectivity index (χ0) is 30.2. The first-order valence-electron chi connectivity index (χ1n) is 12.5. The number of amides is 3. The number of aromatic nitrogens is 2. The van der Waals surface area contributed by atoms with E-state index in [-0.39, 0.29) is 41.6 Å². The predicted molar refractivity (Wildman–Crippen MR) is 145 cm³/mol. The summed E-state index contributed by atoms with van der Waals surface area (Å²) in [5, 5.41) is 4.44. The minimum absolute atomic E-state index is 0.000164. The number of likely N-dealkylation sites (N-methyl/N-ethyl adjacent to an activating group) is 2. The number of nitrogens with one attached hydrogen (secondary N) is 2. The molecule has 1 aromatic carbocycles. The molecule has 0 spiro atoms. The van der Waals surface area contributed by atoms with Crippen molar-refractivity contribution in [2.75, 3.05) is 43.9 Å². The number of nitrogens with zero attached hydrogens (tertiary/aromatic N) is 5. The summed E-state index contributed by atoms with van der Waals surface area (Å²) >= 11 is 0. The van der Waals surface area contributed by atoms with Crippen LogP contribution in [0.1, 0.15) is 30.8 Å². The summed E-state index contributed by atoms with van der Waals surface area (Å²) in [4.78, 5) is 39.4. The molecule has 41 heavy (non-hydrogen) atoms. The Morgan fingerprint density at radius 2 is 1.88 bits per heavy atom. The Bertz CT molecular complexity index is 1380. The van der Waals surface area contributed by atoms with Gasteiger partial charge >= 0.3 is 18.1 Å². The molecule has 2 aromatic rings. The number of carbonyl (C=O) groups is 2. The quantitative estimate of drug-likeness (QED) is 0.353. The van der Waals surface area contributed by atoms with Crippen LogP contribution in [-0.2, 0) is 22.3 Å². The van der Waals surface area contributed by atoms with Gasteiger partial charge in [-0.15, -0.1) is 0 Å². The van der Waals surface area contributed by atoms with Gasteiger partial charge in [-0.25, -0.2) is 19.2 Å². The first kappa shape index (κ1) is 31.0. The molecule has 0 saturated carbocycles. The van der Waals surface area contributed by atoms with E-state index in [1.54, 1.807) is 25.1 Å².